The van der Waals surface area contributed by atoms with Gasteiger partial charge in [0.05, 0.1) is 18.2 Å². The van der Waals surface area contributed by atoms with Crippen molar-refractivity contribution in [2.45, 2.75) is 13.1 Å². The summed E-state index contributed by atoms with van der Waals surface area (Å²) in [6, 6.07) is 16.7. The Hall–Kier alpha value is -4.01. The molecule has 1 fully saturated rings. The molecule has 3 aromatic rings. The van der Waals surface area contributed by atoms with E-state index >= 15 is 0 Å². The van der Waals surface area contributed by atoms with E-state index in [-0.39, 0.29) is 24.1 Å². The fourth-order valence-electron chi connectivity index (χ4n) is 4.96. The van der Waals surface area contributed by atoms with E-state index in [1.165, 1.54) is 5.56 Å². The summed E-state index contributed by atoms with van der Waals surface area (Å²) in [7, 11) is 1.60. The fraction of sp³-hybridized carbons (Fsp3) is 0.276. The van der Waals surface area contributed by atoms with Crippen molar-refractivity contribution < 1.29 is 28.8 Å². The lowest BCUT2D eigenvalue weighted by atomic mass is 10.0. The van der Waals surface area contributed by atoms with E-state index in [1.54, 1.807) is 25.3 Å². The fourth-order valence-corrected chi connectivity index (χ4v) is 4.96. The molecule has 0 unspecified atom stereocenters. The molecular weight excluding hydrogens is 472 g/mol. The summed E-state index contributed by atoms with van der Waals surface area (Å²) in [5.41, 5.74) is 3.12. The quantitative estimate of drug-likeness (QED) is 0.508. The Bertz CT molecular complexity index is 1380. The molecule has 37 heavy (non-hydrogen) atoms. The van der Waals surface area contributed by atoms with Crippen molar-refractivity contribution in [3.63, 3.8) is 0 Å². The van der Waals surface area contributed by atoms with Gasteiger partial charge in [-0.2, -0.15) is 0 Å². The molecule has 0 saturated carbocycles. The minimum absolute atomic E-state index is 0.136. The number of rotatable bonds is 6. The molecule has 3 aliphatic heterocycles. The Balaban J connectivity index is 1.13. The first-order valence-corrected chi connectivity index (χ1v) is 12.3. The summed E-state index contributed by atoms with van der Waals surface area (Å²) in [4.78, 5) is 17.7. The second kappa shape index (κ2) is 9.80. The first-order valence-electron chi connectivity index (χ1n) is 12.3. The number of nitrogens with zero attached hydrogens (tertiary/aromatic N) is 2. The molecule has 1 saturated heterocycles. The third-order valence-corrected chi connectivity index (χ3v) is 7.00. The van der Waals surface area contributed by atoms with E-state index in [0.29, 0.717) is 29.2 Å². The van der Waals surface area contributed by atoms with Crippen LogP contribution < -0.4 is 18.9 Å². The predicted molar refractivity (Wildman–Crippen MR) is 137 cm³/mol. The van der Waals surface area contributed by atoms with Crippen LogP contribution in [0.5, 0.6) is 28.7 Å². The number of hydrogen-bond acceptors (Lipinski definition) is 8. The van der Waals surface area contributed by atoms with Crippen LogP contribution in [0.4, 0.5) is 0 Å². The number of fused-ring (bicyclic) bond motifs is 2. The zero-order valence-electron chi connectivity index (χ0n) is 20.6. The molecule has 0 radical (unpaired) electrons. The number of piperazine rings is 1. The maximum Gasteiger partial charge on any atom is 0.231 e. The van der Waals surface area contributed by atoms with Crippen LogP contribution in [0.1, 0.15) is 27.0 Å². The number of ketones is 1. The van der Waals surface area contributed by atoms with Crippen LogP contribution in [0.2, 0.25) is 0 Å². The van der Waals surface area contributed by atoms with Gasteiger partial charge < -0.3 is 24.1 Å². The van der Waals surface area contributed by atoms with Gasteiger partial charge in [0.25, 0.3) is 0 Å². The second-order valence-electron chi connectivity index (χ2n) is 9.40. The highest BCUT2D eigenvalue weighted by atomic mass is 16.7. The SMILES string of the molecule is COc1cccc(/C=C2\Oc3c(ccc(O)c3CN3CCN(Cc4ccc5c(c4)OCO5)CC3)C2=O)c1. The lowest BCUT2D eigenvalue weighted by Crippen LogP contribution is -2.45. The number of allylic oxidation sites excluding steroid dienone is 1. The Morgan fingerprint density at radius 3 is 2.54 bits per heavy atom. The highest BCUT2D eigenvalue weighted by Gasteiger charge is 2.32. The molecule has 1 N–H and O–H groups in total. The molecule has 0 aliphatic carbocycles. The summed E-state index contributed by atoms with van der Waals surface area (Å²) in [5, 5.41) is 10.7. The van der Waals surface area contributed by atoms with Gasteiger partial charge in [0, 0.05) is 39.3 Å². The molecular formula is C29H28N2O6. The monoisotopic (exact) mass is 500 g/mol. The topological polar surface area (TPSA) is 80.7 Å². The molecule has 0 spiro atoms. The summed E-state index contributed by atoms with van der Waals surface area (Å²) >= 11 is 0. The normalized spacial score (nSPS) is 18.2. The third kappa shape index (κ3) is 4.73. The summed E-state index contributed by atoms with van der Waals surface area (Å²) < 4.78 is 22.2. The molecule has 3 heterocycles. The van der Waals surface area contributed by atoms with Crippen LogP contribution in [0.15, 0.2) is 60.4 Å². The first kappa shape index (κ1) is 23.4. The number of methoxy groups -OCH3 is 1. The van der Waals surface area contributed by atoms with Gasteiger partial charge in [-0.05, 0) is 53.6 Å². The van der Waals surface area contributed by atoms with Crippen molar-refractivity contribution in [1.82, 2.24) is 9.80 Å². The maximum atomic E-state index is 13.1. The van der Waals surface area contributed by atoms with Gasteiger partial charge in [-0.25, -0.2) is 0 Å². The van der Waals surface area contributed by atoms with Crippen LogP contribution in [-0.4, -0.2) is 60.8 Å². The number of phenols is 1. The Labute approximate surface area is 215 Å². The van der Waals surface area contributed by atoms with Gasteiger partial charge in [0.2, 0.25) is 12.6 Å². The van der Waals surface area contributed by atoms with Crippen molar-refractivity contribution in [1.29, 1.82) is 0 Å². The van der Waals surface area contributed by atoms with E-state index in [0.717, 1.165) is 49.8 Å². The minimum Gasteiger partial charge on any atom is -0.507 e. The summed E-state index contributed by atoms with van der Waals surface area (Å²) in [5.74, 6) is 2.94. The Morgan fingerprint density at radius 1 is 0.946 bits per heavy atom. The van der Waals surface area contributed by atoms with Crippen molar-refractivity contribution in [3.05, 3.63) is 82.6 Å². The predicted octanol–water partition coefficient (Wildman–Crippen LogP) is 4.06. The smallest absolute Gasteiger partial charge is 0.231 e. The zero-order chi connectivity index (χ0) is 25.4. The lowest BCUT2D eigenvalue weighted by molar-refractivity contribution is 0.101. The number of hydrogen-bond donors (Lipinski definition) is 1. The van der Waals surface area contributed by atoms with E-state index in [1.807, 2.05) is 36.4 Å². The molecule has 6 rings (SSSR count). The maximum absolute atomic E-state index is 13.1. The van der Waals surface area contributed by atoms with Crippen molar-refractivity contribution in [2.24, 2.45) is 0 Å². The Kier molecular flexibility index (Phi) is 6.20. The largest absolute Gasteiger partial charge is 0.507 e. The number of aromatic hydroxyl groups is 1. The highest BCUT2D eigenvalue weighted by Crippen LogP contribution is 2.40. The van der Waals surface area contributed by atoms with E-state index in [4.69, 9.17) is 18.9 Å². The average molecular weight is 501 g/mol. The second-order valence-corrected chi connectivity index (χ2v) is 9.40. The van der Waals surface area contributed by atoms with Crippen molar-refractivity contribution in [3.8, 4) is 28.7 Å². The van der Waals surface area contributed by atoms with Gasteiger partial charge in [0.1, 0.15) is 17.2 Å². The number of carbonyl (C=O) groups excluding carboxylic acids is 1. The van der Waals surface area contributed by atoms with Crippen LogP contribution in [0.3, 0.4) is 0 Å². The van der Waals surface area contributed by atoms with Gasteiger partial charge in [0.15, 0.2) is 17.3 Å². The zero-order valence-corrected chi connectivity index (χ0v) is 20.6. The number of ether oxygens (including phenoxy) is 4. The number of benzene rings is 3. The number of phenolic OH excluding ortho intramolecular Hbond substituents is 1. The summed E-state index contributed by atoms with van der Waals surface area (Å²) in [6.45, 7) is 5.10. The van der Waals surface area contributed by atoms with Crippen molar-refractivity contribution >= 4 is 11.9 Å². The standard InChI is InChI=1S/C29H28N2O6/c1-34-21-4-2-3-19(13-21)14-27-28(33)22-6-7-24(32)23(29(22)37-27)17-31-11-9-30(10-12-31)16-20-5-8-25-26(15-20)36-18-35-25/h2-8,13-15,32H,9-12,16-18H2,1H3/b27-14-. The van der Waals surface area contributed by atoms with Gasteiger partial charge in [-0.1, -0.05) is 18.2 Å². The molecule has 8 nitrogen and oxygen atoms in total. The molecule has 0 aromatic heterocycles. The molecule has 8 heteroatoms. The average Bonchev–Trinajstić information content (AvgIpc) is 3.51. The number of Topliss-reactive ketones (excluding diaryl/α,β-unsaturated/α-hetero) is 1. The molecule has 0 bridgehead atoms. The Morgan fingerprint density at radius 2 is 1.73 bits per heavy atom. The van der Waals surface area contributed by atoms with Gasteiger partial charge in [-0.15, -0.1) is 0 Å². The van der Waals surface area contributed by atoms with Gasteiger partial charge in [-0.3, -0.25) is 14.6 Å². The summed E-state index contributed by atoms with van der Waals surface area (Å²) in [6.07, 6.45) is 1.71. The molecule has 3 aromatic carbocycles. The van der Waals surface area contributed by atoms with Crippen LogP contribution >= 0.6 is 0 Å². The third-order valence-electron chi connectivity index (χ3n) is 7.00. The van der Waals surface area contributed by atoms with Crippen molar-refractivity contribution in [2.75, 3.05) is 40.1 Å². The molecule has 190 valence electrons. The first-order chi connectivity index (χ1) is 18.1. The lowest BCUT2D eigenvalue weighted by Gasteiger charge is -2.35. The number of carbonyl (C=O) groups is 1. The van der Waals surface area contributed by atoms with Crippen LogP contribution in [0.25, 0.3) is 6.08 Å². The van der Waals surface area contributed by atoms with E-state index in [2.05, 4.69) is 15.9 Å². The van der Waals surface area contributed by atoms with E-state index in [9.17, 15) is 9.90 Å². The molecule has 3 aliphatic rings. The van der Waals surface area contributed by atoms with Gasteiger partial charge >= 0.3 is 0 Å². The van der Waals surface area contributed by atoms with E-state index < -0.39 is 0 Å². The van der Waals surface area contributed by atoms with Crippen LogP contribution in [0, 0.1) is 0 Å². The molecule has 0 atom stereocenters. The highest BCUT2D eigenvalue weighted by molar-refractivity contribution is 6.15. The van der Waals surface area contributed by atoms with Crippen LogP contribution in [-0.2, 0) is 13.1 Å². The molecule has 0 amide bonds. The minimum atomic E-state index is -0.187.